The number of anilines is 1. The quantitative estimate of drug-likeness (QED) is 0.722. The minimum Gasteiger partial charge on any atom is -0.399 e. The minimum atomic E-state index is -0.531. The van der Waals surface area contributed by atoms with E-state index in [0.29, 0.717) is 0 Å². The van der Waals surface area contributed by atoms with Crippen LogP contribution < -0.4 is 11.1 Å². The van der Waals surface area contributed by atoms with Crippen LogP contribution in [0.25, 0.3) is 0 Å². The highest BCUT2D eigenvalue weighted by Crippen LogP contribution is 2.14. The lowest BCUT2D eigenvalue weighted by atomic mass is 10.1. The van der Waals surface area contributed by atoms with Crippen LogP contribution in [0.3, 0.4) is 0 Å². The third kappa shape index (κ3) is 2.65. The molecule has 0 saturated heterocycles. The van der Waals surface area contributed by atoms with E-state index in [9.17, 15) is 9.18 Å². The molecule has 0 saturated carbocycles. The first kappa shape index (κ1) is 12.1. The van der Waals surface area contributed by atoms with Gasteiger partial charge in [0.05, 0.1) is 12.2 Å². The van der Waals surface area contributed by atoms with Crippen LogP contribution in [0.15, 0.2) is 30.6 Å². The van der Waals surface area contributed by atoms with Crippen molar-refractivity contribution in [3.05, 3.63) is 47.5 Å². The molecule has 2 rings (SSSR count). The SMILES string of the molecule is CC(NC(=O)c1cc(N)cc(F)c1)c1cn[nH]c1. The number of carbonyl (C=O) groups excluding carboxylic acids is 1. The zero-order valence-electron chi connectivity index (χ0n) is 9.77. The van der Waals surface area contributed by atoms with Gasteiger partial charge in [0.1, 0.15) is 5.82 Å². The molecule has 0 bridgehead atoms. The lowest BCUT2D eigenvalue weighted by Gasteiger charge is -2.12. The van der Waals surface area contributed by atoms with Gasteiger partial charge >= 0.3 is 0 Å². The molecule has 1 aromatic heterocycles. The van der Waals surface area contributed by atoms with Crippen molar-refractivity contribution in [2.75, 3.05) is 5.73 Å². The molecule has 1 unspecified atom stereocenters. The molecule has 4 N–H and O–H groups in total. The molecule has 0 fully saturated rings. The lowest BCUT2D eigenvalue weighted by Crippen LogP contribution is -2.26. The maximum absolute atomic E-state index is 13.1. The monoisotopic (exact) mass is 248 g/mol. The fourth-order valence-corrected chi connectivity index (χ4v) is 1.60. The number of carbonyl (C=O) groups is 1. The van der Waals surface area contributed by atoms with Crippen LogP contribution in [0.2, 0.25) is 0 Å². The first-order valence-electron chi connectivity index (χ1n) is 5.42. The molecule has 6 heteroatoms. The highest BCUT2D eigenvalue weighted by Gasteiger charge is 2.13. The normalized spacial score (nSPS) is 12.1. The molecule has 0 spiro atoms. The van der Waals surface area contributed by atoms with E-state index in [2.05, 4.69) is 15.5 Å². The summed E-state index contributed by atoms with van der Waals surface area (Å²) in [6.45, 7) is 1.81. The summed E-state index contributed by atoms with van der Waals surface area (Å²) in [6, 6.07) is 3.52. The van der Waals surface area contributed by atoms with E-state index in [1.165, 1.54) is 6.07 Å². The molecule has 2 aromatic rings. The molecule has 0 aliphatic rings. The van der Waals surface area contributed by atoms with Crippen molar-refractivity contribution in [3.8, 4) is 0 Å². The average Bonchev–Trinajstić information content (AvgIpc) is 2.80. The fourth-order valence-electron chi connectivity index (χ4n) is 1.60. The molecule has 1 heterocycles. The number of nitrogen functional groups attached to an aromatic ring is 1. The average molecular weight is 248 g/mol. The summed E-state index contributed by atoms with van der Waals surface area (Å²) in [7, 11) is 0. The van der Waals surface area contributed by atoms with Crippen LogP contribution >= 0.6 is 0 Å². The fraction of sp³-hybridized carbons (Fsp3) is 0.167. The second-order valence-corrected chi connectivity index (χ2v) is 4.00. The maximum Gasteiger partial charge on any atom is 0.251 e. The largest absolute Gasteiger partial charge is 0.399 e. The molecule has 1 amide bonds. The summed E-state index contributed by atoms with van der Waals surface area (Å²) in [5.74, 6) is -0.911. The van der Waals surface area contributed by atoms with Gasteiger partial charge in [0.15, 0.2) is 0 Å². The number of amides is 1. The van der Waals surface area contributed by atoms with Crippen molar-refractivity contribution in [1.82, 2.24) is 15.5 Å². The second-order valence-electron chi connectivity index (χ2n) is 4.00. The third-order valence-corrected chi connectivity index (χ3v) is 2.55. The number of benzene rings is 1. The predicted octanol–water partition coefficient (Wildman–Crippen LogP) is 1.62. The van der Waals surface area contributed by atoms with Gasteiger partial charge in [-0.1, -0.05) is 0 Å². The molecule has 0 aliphatic carbocycles. The molecule has 94 valence electrons. The van der Waals surface area contributed by atoms with Crippen molar-refractivity contribution in [3.63, 3.8) is 0 Å². The van der Waals surface area contributed by atoms with Gasteiger partial charge in [-0.25, -0.2) is 4.39 Å². The minimum absolute atomic E-state index is 0.197. The van der Waals surface area contributed by atoms with E-state index < -0.39 is 5.82 Å². The number of aromatic amines is 1. The van der Waals surface area contributed by atoms with Crippen LogP contribution in [0.1, 0.15) is 28.9 Å². The van der Waals surface area contributed by atoms with Gasteiger partial charge < -0.3 is 11.1 Å². The Balaban J connectivity index is 2.12. The van der Waals surface area contributed by atoms with E-state index in [4.69, 9.17) is 5.73 Å². The van der Waals surface area contributed by atoms with Crippen LogP contribution in [0.5, 0.6) is 0 Å². The number of nitrogens with zero attached hydrogens (tertiary/aromatic N) is 1. The van der Waals surface area contributed by atoms with Gasteiger partial charge in [-0.15, -0.1) is 0 Å². The van der Waals surface area contributed by atoms with E-state index >= 15 is 0 Å². The Morgan fingerprint density at radius 1 is 1.50 bits per heavy atom. The van der Waals surface area contributed by atoms with Crippen LogP contribution in [-0.4, -0.2) is 16.1 Å². The summed E-state index contributed by atoms with van der Waals surface area (Å²) < 4.78 is 13.1. The molecule has 1 aromatic carbocycles. The van der Waals surface area contributed by atoms with Gasteiger partial charge in [-0.05, 0) is 25.1 Å². The number of halogens is 1. The first-order valence-corrected chi connectivity index (χ1v) is 5.42. The van der Waals surface area contributed by atoms with E-state index in [-0.39, 0.29) is 23.2 Å². The molecule has 1 atom stereocenters. The summed E-state index contributed by atoms with van der Waals surface area (Å²) in [6.07, 6.45) is 3.30. The van der Waals surface area contributed by atoms with Gasteiger partial charge in [-0.3, -0.25) is 9.89 Å². The first-order chi connectivity index (χ1) is 8.56. The number of nitrogens with two attached hydrogens (primary N) is 1. The Morgan fingerprint density at radius 3 is 2.89 bits per heavy atom. The molecular formula is C12H13FN4O. The van der Waals surface area contributed by atoms with Crippen LogP contribution in [0.4, 0.5) is 10.1 Å². The highest BCUT2D eigenvalue weighted by molar-refractivity contribution is 5.95. The van der Waals surface area contributed by atoms with Crippen LogP contribution in [0, 0.1) is 5.82 Å². The smallest absolute Gasteiger partial charge is 0.251 e. The number of H-pyrrole nitrogens is 1. The lowest BCUT2D eigenvalue weighted by molar-refractivity contribution is 0.0939. The van der Waals surface area contributed by atoms with Crippen LogP contribution in [-0.2, 0) is 0 Å². The Kier molecular flexibility index (Phi) is 3.27. The summed E-state index contributed by atoms with van der Waals surface area (Å²) in [5.41, 5.74) is 6.74. The summed E-state index contributed by atoms with van der Waals surface area (Å²) >= 11 is 0. The Morgan fingerprint density at radius 2 is 2.28 bits per heavy atom. The van der Waals surface area contributed by atoms with Crippen molar-refractivity contribution in [2.24, 2.45) is 0 Å². The number of hydrogen-bond donors (Lipinski definition) is 3. The van der Waals surface area contributed by atoms with Crippen molar-refractivity contribution >= 4 is 11.6 Å². The molecule has 18 heavy (non-hydrogen) atoms. The zero-order valence-corrected chi connectivity index (χ0v) is 9.77. The topological polar surface area (TPSA) is 83.8 Å². The van der Waals surface area contributed by atoms with E-state index in [1.807, 2.05) is 6.92 Å². The highest BCUT2D eigenvalue weighted by atomic mass is 19.1. The Labute approximate surface area is 103 Å². The molecule has 0 radical (unpaired) electrons. The summed E-state index contributed by atoms with van der Waals surface area (Å²) in [5, 5.41) is 9.19. The Hall–Kier alpha value is -2.37. The summed E-state index contributed by atoms with van der Waals surface area (Å²) in [4.78, 5) is 11.9. The maximum atomic E-state index is 13.1. The number of aromatic nitrogens is 2. The van der Waals surface area contributed by atoms with E-state index in [1.54, 1.807) is 12.4 Å². The third-order valence-electron chi connectivity index (χ3n) is 2.55. The van der Waals surface area contributed by atoms with Crippen molar-refractivity contribution in [2.45, 2.75) is 13.0 Å². The van der Waals surface area contributed by atoms with Gasteiger partial charge in [0.2, 0.25) is 0 Å². The number of rotatable bonds is 3. The van der Waals surface area contributed by atoms with E-state index in [0.717, 1.165) is 17.7 Å². The van der Waals surface area contributed by atoms with Crippen molar-refractivity contribution in [1.29, 1.82) is 0 Å². The van der Waals surface area contributed by atoms with Gasteiger partial charge in [0.25, 0.3) is 5.91 Å². The predicted molar refractivity (Wildman–Crippen MR) is 65.3 cm³/mol. The van der Waals surface area contributed by atoms with Gasteiger partial charge in [-0.2, -0.15) is 5.10 Å². The number of nitrogens with one attached hydrogen (secondary N) is 2. The Bertz CT molecular complexity index is 533. The number of hydrogen-bond acceptors (Lipinski definition) is 3. The van der Waals surface area contributed by atoms with Crippen molar-refractivity contribution < 1.29 is 9.18 Å². The molecular weight excluding hydrogens is 235 g/mol. The second kappa shape index (κ2) is 4.87. The zero-order chi connectivity index (χ0) is 13.1. The standard InChI is InChI=1S/C12H13FN4O/c1-7(9-5-15-16-6-9)17-12(18)8-2-10(13)4-11(14)3-8/h2-7H,14H2,1H3,(H,15,16)(H,17,18). The molecule has 5 nitrogen and oxygen atoms in total. The van der Waals surface area contributed by atoms with Gasteiger partial charge in [0, 0.05) is 23.0 Å². The molecule has 0 aliphatic heterocycles.